The molecule has 1 fully saturated rings. The second kappa shape index (κ2) is 12.5. The van der Waals surface area contributed by atoms with Crippen molar-refractivity contribution in [1.29, 1.82) is 0 Å². The molecule has 5 rings (SSSR count). The van der Waals surface area contributed by atoms with Gasteiger partial charge in [0, 0.05) is 12.7 Å². The molecule has 8 nitrogen and oxygen atoms in total. The van der Waals surface area contributed by atoms with E-state index in [1.807, 2.05) is 73.0 Å². The number of nitrogens with zero attached hydrogens (tertiary/aromatic N) is 3. The van der Waals surface area contributed by atoms with Gasteiger partial charge in [-0.15, -0.1) is 0 Å². The quantitative estimate of drug-likeness (QED) is 0.101. The van der Waals surface area contributed by atoms with Crippen molar-refractivity contribution in [2.75, 3.05) is 20.3 Å². The monoisotopic (exact) mass is 567 g/mol. The molecule has 0 bridgehead atoms. The molecule has 2 aromatic heterocycles. The Morgan fingerprint density at radius 1 is 1.00 bits per heavy atom. The molecule has 4 aromatic rings. The van der Waals surface area contributed by atoms with Crippen LogP contribution in [0.4, 0.5) is 0 Å². The molecule has 1 atom stereocenters. The van der Waals surface area contributed by atoms with Gasteiger partial charge in [-0.05, 0) is 61.6 Å². The molecule has 1 unspecified atom stereocenters. The number of carbonyl (C=O) groups excluding carboxylic acids is 2. The van der Waals surface area contributed by atoms with Crippen LogP contribution in [0.2, 0.25) is 0 Å². The number of benzene rings is 2. The van der Waals surface area contributed by atoms with E-state index < -0.39 is 17.7 Å². The molecule has 1 amide bonds. The van der Waals surface area contributed by atoms with Crippen LogP contribution in [0, 0.1) is 13.8 Å². The Labute approximate surface area is 246 Å². The summed E-state index contributed by atoms with van der Waals surface area (Å²) in [6.07, 6.45) is 5.50. The van der Waals surface area contributed by atoms with Crippen LogP contribution in [0.15, 0.2) is 72.4 Å². The van der Waals surface area contributed by atoms with Gasteiger partial charge < -0.3 is 23.9 Å². The maximum absolute atomic E-state index is 13.6. The highest BCUT2D eigenvalue weighted by Crippen LogP contribution is 2.42. The number of imidazole rings is 1. The van der Waals surface area contributed by atoms with Gasteiger partial charge in [0.1, 0.15) is 11.3 Å². The number of pyridine rings is 1. The van der Waals surface area contributed by atoms with Gasteiger partial charge in [-0.3, -0.25) is 9.59 Å². The van der Waals surface area contributed by atoms with E-state index in [1.54, 1.807) is 19.2 Å². The standard InChI is InChI=1S/C34H37N3O5/c1-5-6-10-20-42-26-16-15-25(21-27(26)41-4)30-28(31(38)29-23(3)36-18-11-12-22(2)33(36)35-29)32(39)34(40)37(30)19-17-24-13-8-7-9-14-24/h7-9,11-16,18,21,30,38H,5-6,10,17,19-20H2,1-4H3/b31-28+. The summed E-state index contributed by atoms with van der Waals surface area (Å²) < 4.78 is 13.5. The predicted molar refractivity (Wildman–Crippen MR) is 162 cm³/mol. The minimum atomic E-state index is -0.831. The number of hydrogen-bond donors (Lipinski definition) is 1. The van der Waals surface area contributed by atoms with E-state index in [4.69, 9.17) is 9.47 Å². The summed E-state index contributed by atoms with van der Waals surface area (Å²) in [5.74, 6) is -0.603. The third-order valence-electron chi connectivity index (χ3n) is 7.84. The van der Waals surface area contributed by atoms with Crippen LogP contribution in [0.5, 0.6) is 11.5 Å². The molecule has 0 radical (unpaired) electrons. The molecule has 42 heavy (non-hydrogen) atoms. The fourth-order valence-electron chi connectivity index (χ4n) is 5.53. The van der Waals surface area contributed by atoms with Crippen molar-refractivity contribution < 1.29 is 24.2 Å². The lowest BCUT2D eigenvalue weighted by atomic mass is 9.95. The average molecular weight is 568 g/mol. The first-order chi connectivity index (χ1) is 20.3. The predicted octanol–water partition coefficient (Wildman–Crippen LogP) is 6.19. The second-order valence-corrected chi connectivity index (χ2v) is 10.6. The van der Waals surface area contributed by atoms with Gasteiger partial charge >= 0.3 is 0 Å². The molecule has 1 N–H and O–H groups in total. The third-order valence-corrected chi connectivity index (χ3v) is 7.84. The Kier molecular flexibility index (Phi) is 8.61. The SMILES string of the molecule is CCCCCOc1ccc(C2/C(=C(\O)c3nc4c(C)cccn4c3C)C(=O)C(=O)N2CCc2ccccc2)cc1OC. The summed E-state index contributed by atoms with van der Waals surface area (Å²) in [5.41, 5.74) is 4.25. The Morgan fingerprint density at radius 3 is 2.50 bits per heavy atom. The van der Waals surface area contributed by atoms with Gasteiger partial charge in [-0.2, -0.15) is 0 Å². The topological polar surface area (TPSA) is 93.4 Å². The smallest absolute Gasteiger partial charge is 0.295 e. The maximum atomic E-state index is 13.6. The van der Waals surface area contributed by atoms with E-state index in [0.29, 0.717) is 41.4 Å². The number of hydrogen-bond acceptors (Lipinski definition) is 6. The molecule has 1 aliphatic heterocycles. The van der Waals surface area contributed by atoms with Crippen molar-refractivity contribution in [2.45, 2.75) is 52.5 Å². The maximum Gasteiger partial charge on any atom is 0.295 e. The Morgan fingerprint density at radius 2 is 1.79 bits per heavy atom. The highest BCUT2D eigenvalue weighted by molar-refractivity contribution is 6.46. The molecule has 8 heteroatoms. The second-order valence-electron chi connectivity index (χ2n) is 10.6. The van der Waals surface area contributed by atoms with E-state index in [1.165, 1.54) is 4.90 Å². The molecule has 0 spiro atoms. The summed E-state index contributed by atoms with van der Waals surface area (Å²) >= 11 is 0. The van der Waals surface area contributed by atoms with Gasteiger partial charge in [0.15, 0.2) is 17.3 Å². The highest BCUT2D eigenvalue weighted by atomic mass is 16.5. The van der Waals surface area contributed by atoms with Crippen molar-refractivity contribution in [2.24, 2.45) is 0 Å². The number of ketones is 1. The molecular formula is C34H37N3O5. The van der Waals surface area contributed by atoms with E-state index >= 15 is 0 Å². The fourth-order valence-corrected chi connectivity index (χ4v) is 5.53. The minimum absolute atomic E-state index is 0.0101. The summed E-state index contributed by atoms with van der Waals surface area (Å²) in [6.45, 7) is 6.76. The van der Waals surface area contributed by atoms with Crippen LogP contribution in [-0.4, -0.2) is 51.3 Å². The first-order valence-corrected chi connectivity index (χ1v) is 14.4. The molecule has 1 aliphatic rings. The van der Waals surface area contributed by atoms with Crippen molar-refractivity contribution in [3.05, 3.63) is 101 Å². The average Bonchev–Trinajstić information content (AvgIpc) is 3.48. The number of Topliss-reactive ketones (excluding diaryl/α,β-unsaturated/α-hetero) is 1. The number of carbonyl (C=O) groups is 2. The zero-order valence-corrected chi connectivity index (χ0v) is 24.6. The number of aliphatic hydroxyl groups is 1. The summed E-state index contributed by atoms with van der Waals surface area (Å²) in [4.78, 5) is 33.4. The molecule has 3 heterocycles. The molecule has 0 aliphatic carbocycles. The van der Waals surface area contributed by atoms with Gasteiger partial charge in [0.05, 0.1) is 31.0 Å². The van der Waals surface area contributed by atoms with Gasteiger partial charge in [0.2, 0.25) is 0 Å². The Balaban J connectivity index is 1.60. The van der Waals surface area contributed by atoms with Gasteiger partial charge in [0.25, 0.3) is 11.7 Å². The van der Waals surface area contributed by atoms with Crippen molar-refractivity contribution in [1.82, 2.24) is 14.3 Å². The van der Waals surface area contributed by atoms with Crippen LogP contribution >= 0.6 is 0 Å². The lowest BCUT2D eigenvalue weighted by molar-refractivity contribution is -0.139. The fraction of sp³-hybridized carbons (Fsp3) is 0.324. The first kappa shape index (κ1) is 28.9. The zero-order valence-electron chi connectivity index (χ0n) is 24.6. The Bertz CT molecular complexity index is 1640. The molecular weight excluding hydrogens is 530 g/mol. The number of fused-ring (bicyclic) bond motifs is 1. The normalized spacial score (nSPS) is 16.4. The summed E-state index contributed by atoms with van der Waals surface area (Å²) in [7, 11) is 1.56. The summed E-state index contributed by atoms with van der Waals surface area (Å²) in [6, 6.07) is 18.2. The summed E-state index contributed by atoms with van der Waals surface area (Å²) in [5, 5.41) is 11.7. The van der Waals surface area contributed by atoms with E-state index in [9.17, 15) is 14.7 Å². The number of rotatable bonds is 11. The van der Waals surface area contributed by atoms with Crippen LogP contribution in [0.3, 0.4) is 0 Å². The number of unbranched alkanes of at least 4 members (excludes halogenated alkanes) is 2. The van der Waals surface area contributed by atoms with Crippen molar-refractivity contribution in [3.8, 4) is 11.5 Å². The van der Waals surface area contributed by atoms with Crippen LogP contribution in [-0.2, 0) is 16.0 Å². The Hall–Kier alpha value is -4.59. The molecule has 1 saturated heterocycles. The molecule has 2 aromatic carbocycles. The first-order valence-electron chi connectivity index (χ1n) is 14.4. The third kappa shape index (κ3) is 5.49. The number of ether oxygens (including phenoxy) is 2. The van der Waals surface area contributed by atoms with Crippen LogP contribution < -0.4 is 9.47 Å². The lowest BCUT2D eigenvalue weighted by Crippen LogP contribution is -2.31. The largest absolute Gasteiger partial charge is 0.505 e. The number of aliphatic hydroxyl groups excluding tert-OH is 1. The van der Waals surface area contributed by atoms with Gasteiger partial charge in [-0.1, -0.05) is 62.2 Å². The number of aromatic nitrogens is 2. The van der Waals surface area contributed by atoms with E-state index in [0.717, 1.165) is 30.4 Å². The number of methoxy groups -OCH3 is 1. The molecule has 218 valence electrons. The lowest BCUT2D eigenvalue weighted by Gasteiger charge is -2.26. The van der Waals surface area contributed by atoms with Gasteiger partial charge in [-0.25, -0.2) is 4.98 Å². The molecule has 0 saturated carbocycles. The number of amides is 1. The highest BCUT2D eigenvalue weighted by Gasteiger charge is 2.46. The number of likely N-dealkylation sites (tertiary alicyclic amines) is 1. The zero-order chi connectivity index (χ0) is 29.8. The van der Waals surface area contributed by atoms with E-state index in [-0.39, 0.29) is 23.6 Å². The van der Waals surface area contributed by atoms with Crippen LogP contribution in [0.1, 0.15) is 60.3 Å². The minimum Gasteiger partial charge on any atom is -0.505 e. The van der Waals surface area contributed by atoms with Crippen molar-refractivity contribution in [3.63, 3.8) is 0 Å². The van der Waals surface area contributed by atoms with Crippen molar-refractivity contribution >= 4 is 23.1 Å². The van der Waals surface area contributed by atoms with E-state index in [2.05, 4.69) is 11.9 Å². The van der Waals surface area contributed by atoms with Crippen LogP contribution in [0.25, 0.3) is 11.4 Å². The number of aryl methyl sites for hydroxylation is 2.